The quantitative estimate of drug-likeness (QED) is 0.347. The fourth-order valence-corrected chi connectivity index (χ4v) is 5.61. The number of benzene rings is 2. The molecule has 2 aliphatic rings. The standard InChI is InChI=1S/C30H38N6O5/c1-20(29(38-3)39-4)41-30-33-26-18-35(27-16-23(40-19-37-2)15-21-7-5-6-8-24(21)27)13-10-25(26)28(34-30)36-14-12-32-22(17-36)9-11-31/h5-8,15-16,20,22,29,32H,9-10,12-14,17-19H2,1-4H3/t20?,22-/m0/s1. The van der Waals surface area contributed by atoms with Gasteiger partial charge in [-0.1, -0.05) is 24.3 Å². The SMILES string of the molecule is COCOc1cc(N2CCc3c(nc(OC(C)C(OC)OC)nc3N3CCN[C@@H](CC#N)C3)C2)c2ccccc2c1. The number of aromatic nitrogens is 2. The van der Waals surface area contributed by atoms with Gasteiger partial charge in [-0.15, -0.1) is 0 Å². The average molecular weight is 563 g/mol. The van der Waals surface area contributed by atoms with Gasteiger partial charge in [0.1, 0.15) is 17.7 Å². The molecule has 2 aliphatic heterocycles. The normalized spacial score (nSPS) is 17.8. The van der Waals surface area contributed by atoms with Crippen molar-refractivity contribution in [3.05, 3.63) is 47.7 Å². The molecule has 0 aliphatic carbocycles. The predicted molar refractivity (Wildman–Crippen MR) is 155 cm³/mol. The van der Waals surface area contributed by atoms with Crippen LogP contribution in [0.15, 0.2) is 36.4 Å². The summed E-state index contributed by atoms with van der Waals surface area (Å²) in [6, 6.07) is 15.1. The highest BCUT2D eigenvalue weighted by molar-refractivity contribution is 5.95. The monoisotopic (exact) mass is 562 g/mol. The van der Waals surface area contributed by atoms with Crippen LogP contribution in [-0.2, 0) is 27.2 Å². The van der Waals surface area contributed by atoms with E-state index < -0.39 is 12.4 Å². The summed E-state index contributed by atoms with van der Waals surface area (Å²) < 4.78 is 28.0. The molecule has 0 radical (unpaired) electrons. The second-order valence-electron chi connectivity index (χ2n) is 10.3. The van der Waals surface area contributed by atoms with Crippen molar-refractivity contribution in [2.24, 2.45) is 0 Å². The van der Waals surface area contributed by atoms with Gasteiger partial charge in [0.25, 0.3) is 0 Å². The number of nitriles is 1. The molecule has 1 unspecified atom stereocenters. The summed E-state index contributed by atoms with van der Waals surface area (Å²) in [6.45, 7) is 5.68. The smallest absolute Gasteiger partial charge is 0.319 e. The Balaban J connectivity index is 1.52. The maximum Gasteiger partial charge on any atom is 0.319 e. The van der Waals surface area contributed by atoms with Crippen LogP contribution in [0, 0.1) is 11.3 Å². The molecule has 2 aromatic carbocycles. The minimum atomic E-state index is -0.560. The highest BCUT2D eigenvalue weighted by Gasteiger charge is 2.30. The zero-order valence-electron chi connectivity index (χ0n) is 24.1. The van der Waals surface area contributed by atoms with Gasteiger partial charge in [-0.05, 0) is 24.8 Å². The number of fused-ring (bicyclic) bond motifs is 2. The summed E-state index contributed by atoms with van der Waals surface area (Å²) in [5.41, 5.74) is 3.11. The molecule has 3 aromatic rings. The van der Waals surface area contributed by atoms with Crippen molar-refractivity contribution in [2.45, 2.75) is 44.7 Å². The molecule has 0 amide bonds. The second-order valence-corrected chi connectivity index (χ2v) is 10.3. The Kier molecular flexibility index (Phi) is 9.36. The lowest BCUT2D eigenvalue weighted by Gasteiger charge is -2.37. The minimum absolute atomic E-state index is 0.0790. The molecule has 1 fully saturated rings. The molecule has 2 atom stereocenters. The Morgan fingerprint density at radius 3 is 2.71 bits per heavy atom. The molecule has 3 heterocycles. The van der Waals surface area contributed by atoms with E-state index in [1.54, 1.807) is 21.3 Å². The average Bonchev–Trinajstić information content (AvgIpc) is 3.00. The first-order valence-corrected chi connectivity index (χ1v) is 13.9. The van der Waals surface area contributed by atoms with Crippen molar-refractivity contribution in [1.29, 1.82) is 5.26 Å². The molecule has 1 N–H and O–H groups in total. The van der Waals surface area contributed by atoms with Crippen molar-refractivity contribution in [1.82, 2.24) is 15.3 Å². The van der Waals surface area contributed by atoms with Gasteiger partial charge in [0.15, 0.2) is 13.1 Å². The predicted octanol–water partition coefficient (Wildman–Crippen LogP) is 3.25. The van der Waals surface area contributed by atoms with E-state index in [1.807, 2.05) is 19.1 Å². The van der Waals surface area contributed by atoms with Gasteiger partial charge in [0.05, 0.1) is 24.7 Å². The third kappa shape index (κ3) is 6.47. The molecule has 5 rings (SSSR count). The van der Waals surface area contributed by atoms with E-state index in [9.17, 15) is 5.26 Å². The first kappa shape index (κ1) is 28.8. The van der Waals surface area contributed by atoms with Crippen molar-refractivity contribution in [3.63, 3.8) is 0 Å². The van der Waals surface area contributed by atoms with Gasteiger partial charge in [-0.2, -0.15) is 15.2 Å². The lowest BCUT2D eigenvalue weighted by atomic mass is 10.0. The maximum atomic E-state index is 9.29. The Morgan fingerprint density at radius 2 is 1.93 bits per heavy atom. The summed E-state index contributed by atoms with van der Waals surface area (Å²) in [4.78, 5) is 14.4. The maximum absolute atomic E-state index is 9.29. The van der Waals surface area contributed by atoms with Crippen LogP contribution in [0.1, 0.15) is 24.6 Å². The Labute approximate surface area is 240 Å². The summed E-state index contributed by atoms with van der Waals surface area (Å²) in [7, 11) is 4.77. The van der Waals surface area contributed by atoms with E-state index in [2.05, 4.69) is 45.5 Å². The summed E-state index contributed by atoms with van der Waals surface area (Å²) in [5, 5.41) is 15.0. The first-order chi connectivity index (χ1) is 20.0. The topological polar surface area (TPSA) is 114 Å². The van der Waals surface area contributed by atoms with Gasteiger partial charge >= 0.3 is 6.01 Å². The summed E-state index contributed by atoms with van der Waals surface area (Å²) >= 11 is 0. The van der Waals surface area contributed by atoms with Crippen molar-refractivity contribution in [2.75, 3.05) is 64.1 Å². The Morgan fingerprint density at radius 1 is 1.10 bits per heavy atom. The minimum Gasteiger partial charge on any atom is -0.467 e. The van der Waals surface area contributed by atoms with Crippen LogP contribution >= 0.6 is 0 Å². The van der Waals surface area contributed by atoms with E-state index in [-0.39, 0.29) is 18.8 Å². The fraction of sp³-hybridized carbons (Fsp3) is 0.500. The van der Waals surface area contributed by atoms with Gasteiger partial charge in [-0.3, -0.25) is 0 Å². The highest BCUT2D eigenvalue weighted by Crippen LogP contribution is 2.37. The molecule has 218 valence electrons. The van der Waals surface area contributed by atoms with Crippen molar-refractivity contribution < 1.29 is 23.7 Å². The Bertz CT molecular complexity index is 1380. The van der Waals surface area contributed by atoms with Gasteiger partial charge < -0.3 is 38.8 Å². The zero-order chi connectivity index (χ0) is 28.8. The van der Waals surface area contributed by atoms with Crippen LogP contribution < -0.4 is 24.6 Å². The molecule has 0 spiro atoms. The number of methoxy groups -OCH3 is 3. The number of piperazine rings is 1. The lowest BCUT2D eigenvalue weighted by Crippen LogP contribution is -2.51. The molecular weight excluding hydrogens is 524 g/mol. The number of rotatable bonds is 11. The van der Waals surface area contributed by atoms with Gasteiger partial charge in [0.2, 0.25) is 0 Å². The zero-order valence-corrected chi connectivity index (χ0v) is 24.1. The van der Waals surface area contributed by atoms with Crippen LogP contribution in [0.2, 0.25) is 0 Å². The molecular formula is C30H38N6O5. The largest absolute Gasteiger partial charge is 0.467 e. The highest BCUT2D eigenvalue weighted by atomic mass is 16.7. The van der Waals surface area contributed by atoms with Crippen molar-refractivity contribution >= 4 is 22.3 Å². The van der Waals surface area contributed by atoms with Crippen LogP contribution in [0.5, 0.6) is 11.8 Å². The molecule has 0 bridgehead atoms. The van der Waals surface area contributed by atoms with E-state index in [0.29, 0.717) is 19.5 Å². The third-order valence-electron chi connectivity index (χ3n) is 7.55. The molecule has 11 heteroatoms. The number of nitrogens with one attached hydrogen (secondary N) is 1. The molecule has 1 saturated heterocycles. The lowest BCUT2D eigenvalue weighted by molar-refractivity contribution is -0.152. The van der Waals surface area contributed by atoms with Gasteiger partial charge in [0, 0.05) is 76.3 Å². The summed E-state index contributed by atoms with van der Waals surface area (Å²) in [5.74, 6) is 1.62. The molecule has 11 nitrogen and oxygen atoms in total. The fourth-order valence-electron chi connectivity index (χ4n) is 5.61. The number of nitrogens with zero attached hydrogens (tertiary/aromatic N) is 5. The molecule has 0 saturated carbocycles. The summed E-state index contributed by atoms with van der Waals surface area (Å²) in [6.07, 6.45) is 0.220. The third-order valence-corrected chi connectivity index (χ3v) is 7.55. The van der Waals surface area contributed by atoms with Crippen LogP contribution in [-0.4, -0.2) is 82.7 Å². The number of anilines is 2. The first-order valence-electron chi connectivity index (χ1n) is 13.9. The number of hydrogen-bond donors (Lipinski definition) is 1. The number of ether oxygens (including phenoxy) is 5. The van der Waals surface area contributed by atoms with E-state index in [4.69, 9.17) is 33.7 Å². The Hall–Kier alpha value is -3.69. The molecule has 41 heavy (non-hydrogen) atoms. The van der Waals surface area contributed by atoms with Crippen LogP contribution in [0.3, 0.4) is 0 Å². The van der Waals surface area contributed by atoms with Crippen LogP contribution in [0.25, 0.3) is 10.8 Å². The van der Waals surface area contributed by atoms with Crippen LogP contribution in [0.4, 0.5) is 11.5 Å². The molecule has 1 aromatic heterocycles. The van der Waals surface area contributed by atoms with E-state index in [1.165, 1.54) is 0 Å². The second kappa shape index (κ2) is 13.3. The number of hydrogen-bond acceptors (Lipinski definition) is 11. The van der Waals surface area contributed by atoms with Gasteiger partial charge in [-0.25, -0.2) is 0 Å². The van der Waals surface area contributed by atoms with E-state index in [0.717, 1.165) is 65.3 Å². The van der Waals surface area contributed by atoms with E-state index >= 15 is 0 Å². The van der Waals surface area contributed by atoms with Crippen molar-refractivity contribution in [3.8, 4) is 17.8 Å².